The summed E-state index contributed by atoms with van der Waals surface area (Å²) in [7, 11) is 0. The molecule has 2 rings (SSSR count). The van der Waals surface area contributed by atoms with Crippen LogP contribution in [0.5, 0.6) is 5.75 Å². The number of carbonyl (C=O) groups is 1. The number of amides is 1. The van der Waals surface area contributed by atoms with E-state index in [1.165, 1.54) is 0 Å². The number of nitrogens with one attached hydrogen (secondary N) is 2. The summed E-state index contributed by atoms with van der Waals surface area (Å²) in [6.45, 7) is 7.77. The minimum Gasteiger partial charge on any atom is -0.506 e. The van der Waals surface area contributed by atoms with Gasteiger partial charge in [-0.25, -0.2) is 0 Å². The largest absolute Gasteiger partial charge is 0.506 e. The van der Waals surface area contributed by atoms with Crippen molar-refractivity contribution in [2.75, 3.05) is 18.4 Å². The number of aryl methyl sites for hydroxylation is 1. The third-order valence-corrected chi connectivity index (χ3v) is 4.46. The quantitative estimate of drug-likeness (QED) is 0.741. The Morgan fingerprint density at radius 3 is 2.80 bits per heavy atom. The van der Waals surface area contributed by atoms with Crippen molar-refractivity contribution in [3.63, 3.8) is 0 Å². The smallest absolute Gasteiger partial charge is 0.232 e. The third kappa shape index (κ3) is 2.66. The summed E-state index contributed by atoms with van der Waals surface area (Å²) >= 11 is 0. The molecule has 1 amide bonds. The molecule has 0 aliphatic carbocycles. The van der Waals surface area contributed by atoms with Gasteiger partial charge in [-0.1, -0.05) is 26.8 Å². The maximum atomic E-state index is 12.7. The van der Waals surface area contributed by atoms with E-state index in [4.69, 9.17) is 0 Å². The normalized spacial score (nSPS) is 22.2. The van der Waals surface area contributed by atoms with Crippen LogP contribution < -0.4 is 10.6 Å². The van der Waals surface area contributed by atoms with Gasteiger partial charge >= 0.3 is 0 Å². The number of hydrogen-bond acceptors (Lipinski definition) is 3. The molecule has 0 aromatic heterocycles. The van der Waals surface area contributed by atoms with E-state index in [2.05, 4.69) is 31.4 Å². The maximum absolute atomic E-state index is 12.7. The van der Waals surface area contributed by atoms with Crippen LogP contribution in [0.1, 0.15) is 32.8 Å². The van der Waals surface area contributed by atoms with E-state index in [1.54, 1.807) is 6.07 Å². The van der Waals surface area contributed by atoms with Crippen LogP contribution in [0.4, 0.5) is 5.69 Å². The molecule has 1 saturated heterocycles. The lowest BCUT2D eigenvalue weighted by atomic mass is 9.75. The number of rotatable bonds is 4. The topological polar surface area (TPSA) is 61.4 Å². The van der Waals surface area contributed by atoms with Crippen LogP contribution in [-0.2, 0) is 11.2 Å². The lowest BCUT2D eigenvalue weighted by Gasteiger charge is -2.31. The molecule has 20 heavy (non-hydrogen) atoms. The van der Waals surface area contributed by atoms with E-state index in [-0.39, 0.29) is 23.0 Å². The molecule has 4 heteroatoms. The van der Waals surface area contributed by atoms with E-state index in [0.717, 1.165) is 24.9 Å². The molecule has 1 aliphatic heterocycles. The molecule has 1 atom stereocenters. The van der Waals surface area contributed by atoms with Gasteiger partial charge in [0.2, 0.25) is 5.91 Å². The van der Waals surface area contributed by atoms with Crippen LogP contribution in [0.25, 0.3) is 0 Å². The molecule has 0 saturated carbocycles. The van der Waals surface area contributed by atoms with Gasteiger partial charge in [-0.2, -0.15) is 0 Å². The lowest BCUT2D eigenvalue weighted by molar-refractivity contribution is -0.126. The second-order valence-corrected chi connectivity index (χ2v) is 5.90. The van der Waals surface area contributed by atoms with Crippen molar-refractivity contribution < 1.29 is 9.90 Å². The monoisotopic (exact) mass is 276 g/mol. The minimum atomic E-state index is -0.380. The van der Waals surface area contributed by atoms with E-state index < -0.39 is 0 Å². The van der Waals surface area contributed by atoms with Gasteiger partial charge in [-0.3, -0.25) is 4.79 Å². The molecule has 1 heterocycles. The van der Waals surface area contributed by atoms with Gasteiger partial charge < -0.3 is 15.7 Å². The number of phenolic OH excluding ortho intramolecular Hbond substituents is 1. The van der Waals surface area contributed by atoms with E-state index in [0.29, 0.717) is 12.2 Å². The number of aromatic hydroxyl groups is 1. The zero-order valence-corrected chi connectivity index (χ0v) is 12.5. The summed E-state index contributed by atoms with van der Waals surface area (Å²) < 4.78 is 0. The first kappa shape index (κ1) is 14.9. The first-order valence-electron chi connectivity index (χ1n) is 7.33. The number of carbonyl (C=O) groups excluding carboxylic acids is 1. The molecule has 0 bridgehead atoms. The van der Waals surface area contributed by atoms with Crippen molar-refractivity contribution in [1.29, 1.82) is 0 Å². The fraction of sp³-hybridized carbons (Fsp3) is 0.562. The summed E-state index contributed by atoms with van der Waals surface area (Å²) in [4.78, 5) is 12.7. The van der Waals surface area contributed by atoms with Crippen molar-refractivity contribution in [1.82, 2.24) is 5.32 Å². The third-order valence-electron chi connectivity index (χ3n) is 4.46. The molecule has 4 nitrogen and oxygen atoms in total. The first-order valence-corrected chi connectivity index (χ1v) is 7.33. The Balaban J connectivity index is 2.22. The van der Waals surface area contributed by atoms with Gasteiger partial charge in [0.1, 0.15) is 5.75 Å². The fourth-order valence-corrected chi connectivity index (χ4v) is 2.81. The molecule has 3 N–H and O–H groups in total. The lowest BCUT2D eigenvalue weighted by Crippen LogP contribution is -2.42. The van der Waals surface area contributed by atoms with Crippen LogP contribution in [0.2, 0.25) is 0 Å². The van der Waals surface area contributed by atoms with Crippen LogP contribution in [0, 0.1) is 11.3 Å². The molecular formula is C16H24N2O2. The predicted octanol–water partition coefficient (Wildman–Crippen LogP) is 2.53. The second kappa shape index (κ2) is 5.83. The molecule has 1 fully saturated rings. The molecule has 1 aromatic carbocycles. The van der Waals surface area contributed by atoms with Crippen LogP contribution >= 0.6 is 0 Å². The SMILES string of the molecule is CCc1ccc(O)c(NC(=O)C2(C(C)C)CCNC2)c1. The first-order chi connectivity index (χ1) is 9.49. The number of benzene rings is 1. The summed E-state index contributed by atoms with van der Waals surface area (Å²) in [6.07, 6.45) is 1.71. The minimum absolute atomic E-state index is 0.000975. The van der Waals surface area contributed by atoms with Crippen molar-refractivity contribution >= 4 is 11.6 Å². The molecule has 1 unspecified atom stereocenters. The maximum Gasteiger partial charge on any atom is 0.232 e. The summed E-state index contributed by atoms with van der Waals surface area (Å²) in [5.41, 5.74) is 1.23. The summed E-state index contributed by atoms with van der Waals surface area (Å²) in [5, 5.41) is 16.1. The van der Waals surface area contributed by atoms with Crippen molar-refractivity contribution in [2.24, 2.45) is 11.3 Å². The van der Waals surface area contributed by atoms with Gasteiger partial charge in [-0.15, -0.1) is 0 Å². The van der Waals surface area contributed by atoms with Gasteiger partial charge in [0.25, 0.3) is 0 Å². The fourth-order valence-electron chi connectivity index (χ4n) is 2.81. The second-order valence-electron chi connectivity index (χ2n) is 5.90. The molecule has 1 aliphatic rings. The van der Waals surface area contributed by atoms with Crippen molar-refractivity contribution in [3.8, 4) is 5.75 Å². The molecular weight excluding hydrogens is 252 g/mol. The Morgan fingerprint density at radius 2 is 2.25 bits per heavy atom. The van der Waals surface area contributed by atoms with Gasteiger partial charge in [0.05, 0.1) is 11.1 Å². The highest BCUT2D eigenvalue weighted by Gasteiger charge is 2.44. The summed E-state index contributed by atoms with van der Waals surface area (Å²) in [5.74, 6) is 0.385. The van der Waals surface area contributed by atoms with Crippen LogP contribution in [0.3, 0.4) is 0 Å². The Kier molecular flexibility index (Phi) is 4.33. The standard InChI is InChI=1S/C16H24N2O2/c1-4-12-5-6-14(19)13(9-12)18-15(20)16(11(2)3)7-8-17-10-16/h5-6,9,11,17,19H,4,7-8,10H2,1-3H3,(H,18,20). The molecule has 1 aromatic rings. The Bertz CT molecular complexity index is 491. The highest BCUT2D eigenvalue weighted by atomic mass is 16.3. The van der Waals surface area contributed by atoms with Gasteiger partial charge in [-0.05, 0) is 43.0 Å². The number of phenols is 1. The highest BCUT2D eigenvalue weighted by molar-refractivity contribution is 5.97. The van der Waals surface area contributed by atoms with Crippen molar-refractivity contribution in [3.05, 3.63) is 23.8 Å². The molecule has 0 radical (unpaired) electrons. The molecule has 110 valence electrons. The Labute approximate surface area is 120 Å². The summed E-state index contributed by atoms with van der Waals surface area (Å²) in [6, 6.07) is 5.37. The average molecular weight is 276 g/mol. The zero-order valence-electron chi connectivity index (χ0n) is 12.5. The predicted molar refractivity (Wildman–Crippen MR) is 80.9 cm³/mol. The Hall–Kier alpha value is -1.55. The average Bonchev–Trinajstić information content (AvgIpc) is 2.92. The van der Waals surface area contributed by atoms with Crippen LogP contribution in [0.15, 0.2) is 18.2 Å². The van der Waals surface area contributed by atoms with E-state index in [1.807, 2.05) is 12.1 Å². The number of hydrogen-bond donors (Lipinski definition) is 3. The zero-order chi connectivity index (χ0) is 14.8. The Morgan fingerprint density at radius 1 is 1.50 bits per heavy atom. The van der Waals surface area contributed by atoms with E-state index >= 15 is 0 Å². The van der Waals surface area contributed by atoms with Gasteiger partial charge in [0.15, 0.2) is 0 Å². The van der Waals surface area contributed by atoms with Crippen molar-refractivity contribution in [2.45, 2.75) is 33.6 Å². The highest BCUT2D eigenvalue weighted by Crippen LogP contribution is 2.36. The van der Waals surface area contributed by atoms with E-state index in [9.17, 15) is 9.90 Å². The molecule has 0 spiro atoms. The van der Waals surface area contributed by atoms with Gasteiger partial charge in [0, 0.05) is 6.54 Å². The van der Waals surface area contributed by atoms with Crippen LogP contribution in [-0.4, -0.2) is 24.1 Å². The number of anilines is 1.